The summed E-state index contributed by atoms with van der Waals surface area (Å²) in [6.07, 6.45) is 0.255. The molecule has 0 aliphatic heterocycles. The van der Waals surface area contributed by atoms with Gasteiger partial charge in [0.25, 0.3) is 0 Å². The second-order valence-electron chi connectivity index (χ2n) is 6.08. The molecule has 1 aromatic heterocycles. The predicted octanol–water partition coefficient (Wildman–Crippen LogP) is 4.68. The van der Waals surface area contributed by atoms with E-state index in [9.17, 15) is 5.11 Å². The molecule has 0 aliphatic rings. The summed E-state index contributed by atoms with van der Waals surface area (Å²) in [5.41, 5.74) is 2.91. The van der Waals surface area contributed by atoms with Crippen LogP contribution in [-0.4, -0.2) is 14.7 Å². The number of aromatic nitrogens is 2. The molecule has 4 aromatic rings. The smallest absolute Gasteiger partial charge is 0.143 e. The number of rotatable bonds is 4. The van der Waals surface area contributed by atoms with E-state index in [1.54, 1.807) is 0 Å². The molecule has 0 aliphatic carbocycles. The summed E-state index contributed by atoms with van der Waals surface area (Å²) in [4.78, 5) is 4.73. The molecule has 0 saturated carbocycles. The third-order valence-corrected chi connectivity index (χ3v) is 4.49. The van der Waals surface area contributed by atoms with Crippen molar-refractivity contribution in [2.24, 2.45) is 0 Å². The van der Waals surface area contributed by atoms with E-state index in [1.807, 2.05) is 42.5 Å². The molecule has 4 rings (SSSR count). The van der Waals surface area contributed by atoms with Gasteiger partial charge in [-0.25, -0.2) is 4.98 Å². The highest BCUT2D eigenvalue weighted by atomic mass is 16.3. The monoisotopic (exact) mass is 316 g/mol. The minimum absolute atomic E-state index is 0.717. The van der Waals surface area contributed by atoms with Gasteiger partial charge in [0.1, 0.15) is 11.9 Å². The van der Waals surface area contributed by atoms with Crippen LogP contribution in [0.1, 0.15) is 30.8 Å². The molecule has 3 aromatic carbocycles. The first-order valence-corrected chi connectivity index (χ1v) is 8.40. The van der Waals surface area contributed by atoms with Crippen molar-refractivity contribution in [3.05, 3.63) is 78.1 Å². The standard InChI is InChI=1S/C21H20N2O/c1-2-14-23-19-13-6-5-12-18(19)22-21(23)20(24)17-11-7-9-15-8-3-4-10-16(15)17/h3-13,20,24H,2,14H2,1H3/t20-/m0/s1. The Balaban J connectivity index is 1.91. The Bertz CT molecular complexity index is 998. The van der Waals surface area contributed by atoms with Crippen molar-refractivity contribution < 1.29 is 5.11 Å². The minimum atomic E-state index is -0.741. The van der Waals surface area contributed by atoms with E-state index in [2.05, 4.69) is 35.8 Å². The zero-order valence-corrected chi connectivity index (χ0v) is 13.7. The van der Waals surface area contributed by atoms with Crippen molar-refractivity contribution in [2.45, 2.75) is 26.0 Å². The van der Waals surface area contributed by atoms with Gasteiger partial charge in [-0.05, 0) is 34.9 Å². The van der Waals surface area contributed by atoms with E-state index in [0.717, 1.165) is 46.2 Å². The molecular formula is C21H20N2O. The maximum atomic E-state index is 11.1. The van der Waals surface area contributed by atoms with Crippen molar-refractivity contribution in [3.8, 4) is 0 Å². The Morgan fingerprint density at radius 2 is 1.71 bits per heavy atom. The molecule has 0 bridgehead atoms. The van der Waals surface area contributed by atoms with E-state index in [-0.39, 0.29) is 0 Å². The van der Waals surface area contributed by atoms with E-state index in [1.165, 1.54) is 0 Å². The fraction of sp³-hybridized carbons (Fsp3) is 0.190. The highest BCUT2D eigenvalue weighted by Gasteiger charge is 2.20. The van der Waals surface area contributed by atoms with E-state index >= 15 is 0 Å². The lowest BCUT2D eigenvalue weighted by atomic mass is 10.00. The Kier molecular flexibility index (Phi) is 3.79. The number of hydrogen-bond donors (Lipinski definition) is 1. The maximum Gasteiger partial charge on any atom is 0.143 e. The Labute approximate surface area is 141 Å². The highest BCUT2D eigenvalue weighted by molar-refractivity contribution is 5.86. The second-order valence-corrected chi connectivity index (χ2v) is 6.08. The van der Waals surface area contributed by atoms with Gasteiger partial charge in [-0.1, -0.05) is 61.5 Å². The number of imidazole rings is 1. The average molecular weight is 316 g/mol. The summed E-state index contributed by atoms with van der Waals surface area (Å²) in [7, 11) is 0. The van der Waals surface area contributed by atoms with Crippen LogP contribution >= 0.6 is 0 Å². The van der Waals surface area contributed by atoms with Crippen LogP contribution in [0.15, 0.2) is 66.7 Å². The topological polar surface area (TPSA) is 38.0 Å². The lowest BCUT2D eigenvalue weighted by molar-refractivity contribution is 0.206. The van der Waals surface area contributed by atoms with Crippen LogP contribution in [0.25, 0.3) is 21.8 Å². The molecule has 0 saturated heterocycles. The van der Waals surface area contributed by atoms with Crippen LogP contribution in [0.5, 0.6) is 0 Å². The molecule has 0 unspecified atom stereocenters. The van der Waals surface area contributed by atoms with Gasteiger partial charge in [0, 0.05) is 6.54 Å². The average Bonchev–Trinajstić information content (AvgIpc) is 3.00. The maximum absolute atomic E-state index is 11.1. The third-order valence-electron chi connectivity index (χ3n) is 4.49. The summed E-state index contributed by atoms with van der Waals surface area (Å²) in [6, 6.07) is 22.3. The lowest BCUT2D eigenvalue weighted by Crippen LogP contribution is -2.10. The molecular weight excluding hydrogens is 296 g/mol. The predicted molar refractivity (Wildman–Crippen MR) is 98.0 cm³/mol. The molecule has 0 radical (unpaired) electrons. The van der Waals surface area contributed by atoms with Gasteiger partial charge < -0.3 is 9.67 Å². The fourth-order valence-electron chi connectivity index (χ4n) is 3.39. The zero-order chi connectivity index (χ0) is 16.5. The summed E-state index contributed by atoms with van der Waals surface area (Å²) < 4.78 is 2.14. The van der Waals surface area contributed by atoms with Gasteiger partial charge in [-0.2, -0.15) is 0 Å². The summed E-state index contributed by atoms with van der Waals surface area (Å²) in [5, 5.41) is 13.3. The van der Waals surface area contributed by atoms with Crippen LogP contribution in [0.4, 0.5) is 0 Å². The normalized spacial score (nSPS) is 12.8. The number of para-hydroxylation sites is 2. The van der Waals surface area contributed by atoms with Crippen molar-refractivity contribution in [1.82, 2.24) is 9.55 Å². The van der Waals surface area contributed by atoms with E-state index in [0.29, 0.717) is 0 Å². The van der Waals surface area contributed by atoms with E-state index < -0.39 is 6.10 Å². The number of nitrogens with zero attached hydrogens (tertiary/aromatic N) is 2. The van der Waals surface area contributed by atoms with Crippen LogP contribution < -0.4 is 0 Å². The van der Waals surface area contributed by atoms with E-state index in [4.69, 9.17) is 4.98 Å². The van der Waals surface area contributed by atoms with Crippen molar-refractivity contribution in [3.63, 3.8) is 0 Å². The number of aliphatic hydroxyl groups is 1. The van der Waals surface area contributed by atoms with Gasteiger partial charge in [0.15, 0.2) is 0 Å². The van der Waals surface area contributed by atoms with Gasteiger partial charge in [-0.3, -0.25) is 0 Å². The van der Waals surface area contributed by atoms with Gasteiger partial charge in [-0.15, -0.1) is 0 Å². The number of hydrogen-bond acceptors (Lipinski definition) is 2. The van der Waals surface area contributed by atoms with Crippen molar-refractivity contribution in [2.75, 3.05) is 0 Å². The molecule has 3 nitrogen and oxygen atoms in total. The first kappa shape index (κ1) is 14.9. The Morgan fingerprint density at radius 1 is 0.958 bits per heavy atom. The molecule has 24 heavy (non-hydrogen) atoms. The van der Waals surface area contributed by atoms with Crippen LogP contribution in [-0.2, 0) is 6.54 Å². The molecule has 1 heterocycles. The van der Waals surface area contributed by atoms with Crippen LogP contribution in [0.3, 0.4) is 0 Å². The molecule has 0 amide bonds. The first-order chi connectivity index (χ1) is 11.8. The van der Waals surface area contributed by atoms with Crippen LogP contribution in [0, 0.1) is 0 Å². The molecule has 1 atom stereocenters. The molecule has 1 N–H and O–H groups in total. The van der Waals surface area contributed by atoms with Crippen LogP contribution in [0.2, 0.25) is 0 Å². The Hall–Kier alpha value is -2.65. The largest absolute Gasteiger partial charge is 0.380 e. The SMILES string of the molecule is CCCn1c([C@@H](O)c2cccc3ccccc23)nc2ccccc21. The summed E-state index contributed by atoms with van der Waals surface area (Å²) in [5.74, 6) is 0.717. The molecule has 120 valence electrons. The van der Waals surface area contributed by atoms with Gasteiger partial charge >= 0.3 is 0 Å². The third kappa shape index (κ3) is 2.38. The molecule has 3 heteroatoms. The number of benzene rings is 3. The van der Waals surface area contributed by atoms with Gasteiger partial charge in [0.05, 0.1) is 11.0 Å². The van der Waals surface area contributed by atoms with Crippen molar-refractivity contribution in [1.29, 1.82) is 0 Å². The zero-order valence-electron chi connectivity index (χ0n) is 13.7. The summed E-state index contributed by atoms with van der Waals surface area (Å²) in [6.45, 7) is 2.99. The Morgan fingerprint density at radius 3 is 2.58 bits per heavy atom. The number of aliphatic hydroxyl groups excluding tert-OH is 1. The second kappa shape index (κ2) is 6.10. The quantitative estimate of drug-likeness (QED) is 0.593. The van der Waals surface area contributed by atoms with Gasteiger partial charge in [0.2, 0.25) is 0 Å². The number of fused-ring (bicyclic) bond motifs is 2. The molecule has 0 fully saturated rings. The molecule has 0 spiro atoms. The summed E-state index contributed by atoms with van der Waals surface area (Å²) >= 11 is 0. The number of aryl methyl sites for hydroxylation is 1. The minimum Gasteiger partial charge on any atom is -0.380 e. The first-order valence-electron chi connectivity index (χ1n) is 8.40. The fourth-order valence-corrected chi connectivity index (χ4v) is 3.39. The highest BCUT2D eigenvalue weighted by Crippen LogP contribution is 2.30. The lowest BCUT2D eigenvalue weighted by Gasteiger charge is -2.15. The van der Waals surface area contributed by atoms with Crippen molar-refractivity contribution >= 4 is 21.8 Å².